The topological polar surface area (TPSA) is 34.1 Å². The highest BCUT2D eigenvalue weighted by Crippen LogP contribution is 1.85. The molecular formula is C5H6O2S. The van der Waals surface area contributed by atoms with E-state index in [0.29, 0.717) is 17.4 Å². The SMILES string of the molecule is O=CCC(=S)CC=O. The van der Waals surface area contributed by atoms with E-state index in [1.807, 2.05) is 0 Å². The van der Waals surface area contributed by atoms with Gasteiger partial charge in [-0.05, 0) is 0 Å². The lowest BCUT2D eigenvalue weighted by molar-refractivity contribution is -0.106. The summed E-state index contributed by atoms with van der Waals surface area (Å²) in [6.07, 6.45) is 1.86. The second-order valence-corrected chi connectivity index (χ2v) is 1.86. The van der Waals surface area contributed by atoms with Gasteiger partial charge in [0, 0.05) is 17.7 Å². The molecule has 0 rings (SSSR count). The zero-order valence-electron chi connectivity index (χ0n) is 4.29. The molecule has 0 heterocycles. The lowest BCUT2D eigenvalue weighted by Crippen LogP contribution is -1.94. The maximum absolute atomic E-state index is 9.69. The molecule has 0 aromatic carbocycles. The van der Waals surface area contributed by atoms with E-state index in [-0.39, 0.29) is 12.8 Å². The van der Waals surface area contributed by atoms with Crippen LogP contribution in [0.2, 0.25) is 0 Å². The molecule has 0 saturated carbocycles. The van der Waals surface area contributed by atoms with Crippen molar-refractivity contribution in [1.82, 2.24) is 0 Å². The minimum atomic E-state index is 0.230. The van der Waals surface area contributed by atoms with Crippen molar-refractivity contribution >= 4 is 29.7 Å². The molecule has 0 amide bonds. The number of thiocarbonyl (C=S) groups is 1. The van der Waals surface area contributed by atoms with E-state index in [1.54, 1.807) is 0 Å². The summed E-state index contributed by atoms with van der Waals surface area (Å²) in [5.41, 5.74) is 0. The third-order valence-corrected chi connectivity index (χ3v) is 0.955. The molecule has 8 heavy (non-hydrogen) atoms. The van der Waals surface area contributed by atoms with Gasteiger partial charge in [-0.25, -0.2) is 0 Å². The van der Waals surface area contributed by atoms with E-state index < -0.39 is 0 Å². The molecule has 0 aromatic heterocycles. The van der Waals surface area contributed by atoms with Gasteiger partial charge in [0.2, 0.25) is 0 Å². The molecule has 44 valence electrons. The Morgan fingerprint density at radius 3 is 1.88 bits per heavy atom. The first-order chi connectivity index (χ1) is 3.81. The lowest BCUT2D eigenvalue weighted by Gasteiger charge is -1.85. The van der Waals surface area contributed by atoms with Crippen LogP contribution in [0.5, 0.6) is 0 Å². The number of aldehydes is 2. The van der Waals surface area contributed by atoms with Crippen LogP contribution in [-0.4, -0.2) is 17.4 Å². The van der Waals surface area contributed by atoms with Crippen LogP contribution in [0.1, 0.15) is 12.8 Å². The molecular weight excluding hydrogens is 124 g/mol. The van der Waals surface area contributed by atoms with Crippen molar-refractivity contribution in [1.29, 1.82) is 0 Å². The molecule has 3 heteroatoms. The summed E-state index contributed by atoms with van der Waals surface area (Å²) < 4.78 is 0. The summed E-state index contributed by atoms with van der Waals surface area (Å²) >= 11 is 4.59. The Morgan fingerprint density at radius 2 is 1.62 bits per heavy atom. The summed E-state index contributed by atoms with van der Waals surface area (Å²) in [4.78, 5) is 19.9. The standard InChI is InChI=1S/C5H6O2S/c6-3-1-5(8)2-4-7/h3-4H,1-2H2. The maximum Gasteiger partial charge on any atom is 0.124 e. The fourth-order valence-electron chi connectivity index (χ4n) is 0.269. The molecule has 0 fully saturated rings. The van der Waals surface area contributed by atoms with Gasteiger partial charge >= 0.3 is 0 Å². The molecule has 0 radical (unpaired) electrons. The molecule has 2 nitrogen and oxygen atoms in total. The highest BCUT2D eigenvalue weighted by molar-refractivity contribution is 7.80. The first-order valence-electron chi connectivity index (χ1n) is 2.20. The van der Waals surface area contributed by atoms with Crippen molar-refractivity contribution in [3.8, 4) is 0 Å². The van der Waals surface area contributed by atoms with Crippen LogP contribution in [0, 0.1) is 0 Å². The second-order valence-electron chi connectivity index (χ2n) is 1.28. The van der Waals surface area contributed by atoms with Crippen LogP contribution in [0.3, 0.4) is 0 Å². The molecule has 0 aliphatic heterocycles. The summed E-state index contributed by atoms with van der Waals surface area (Å²) in [6.45, 7) is 0. The Bertz CT molecular complexity index is 97.0. The highest BCUT2D eigenvalue weighted by atomic mass is 32.1. The molecule has 0 aromatic rings. The fourth-order valence-corrected chi connectivity index (χ4v) is 0.405. The van der Waals surface area contributed by atoms with Gasteiger partial charge in [0.05, 0.1) is 0 Å². The summed E-state index contributed by atoms with van der Waals surface area (Å²) in [5.74, 6) is 0. The average Bonchev–Trinajstić information content (AvgIpc) is 1.68. The van der Waals surface area contributed by atoms with E-state index in [4.69, 9.17) is 0 Å². The van der Waals surface area contributed by atoms with Crippen LogP contribution >= 0.6 is 12.2 Å². The first-order valence-corrected chi connectivity index (χ1v) is 2.61. The van der Waals surface area contributed by atoms with E-state index in [0.717, 1.165) is 0 Å². The van der Waals surface area contributed by atoms with Crippen LogP contribution in [0.4, 0.5) is 0 Å². The van der Waals surface area contributed by atoms with Gasteiger partial charge in [0.25, 0.3) is 0 Å². The normalized spacial score (nSPS) is 8.00. The summed E-state index contributed by atoms with van der Waals surface area (Å²) in [5, 5.41) is 0. The third-order valence-electron chi connectivity index (χ3n) is 0.622. The smallest absolute Gasteiger partial charge is 0.124 e. The third kappa shape index (κ3) is 3.61. The van der Waals surface area contributed by atoms with Gasteiger partial charge in [0.15, 0.2) is 0 Å². The van der Waals surface area contributed by atoms with Gasteiger partial charge in [-0.3, -0.25) is 0 Å². The second kappa shape index (κ2) is 4.59. The zero-order chi connectivity index (χ0) is 6.41. The Morgan fingerprint density at radius 1 is 1.25 bits per heavy atom. The van der Waals surface area contributed by atoms with Gasteiger partial charge < -0.3 is 9.59 Å². The summed E-state index contributed by atoms with van der Waals surface area (Å²) in [7, 11) is 0. The molecule has 0 saturated heterocycles. The lowest BCUT2D eigenvalue weighted by atomic mass is 10.3. The molecule has 0 unspecified atom stereocenters. The van der Waals surface area contributed by atoms with Gasteiger partial charge in [-0.2, -0.15) is 0 Å². The quantitative estimate of drug-likeness (QED) is 0.411. The van der Waals surface area contributed by atoms with Gasteiger partial charge in [-0.1, -0.05) is 12.2 Å². The highest BCUT2D eigenvalue weighted by Gasteiger charge is 1.90. The van der Waals surface area contributed by atoms with Gasteiger partial charge in [-0.15, -0.1) is 0 Å². The van der Waals surface area contributed by atoms with E-state index in [2.05, 4.69) is 12.2 Å². The summed E-state index contributed by atoms with van der Waals surface area (Å²) in [6, 6.07) is 0. The number of hydrogen-bond donors (Lipinski definition) is 0. The largest absolute Gasteiger partial charge is 0.303 e. The van der Waals surface area contributed by atoms with Crippen LogP contribution < -0.4 is 0 Å². The predicted molar refractivity (Wildman–Crippen MR) is 34.0 cm³/mol. The number of carbonyl (C=O) groups is 2. The molecule has 0 N–H and O–H groups in total. The van der Waals surface area contributed by atoms with Crippen LogP contribution in [-0.2, 0) is 9.59 Å². The van der Waals surface area contributed by atoms with Crippen molar-refractivity contribution in [2.75, 3.05) is 0 Å². The maximum atomic E-state index is 9.69. The van der Waals surface area contributed by atoms with Crippen molar-refractivity contribution in [3.63, 3.8) is 0 Å². The number of rotatable bonds is 4. The van der Waals surface area contributed by atoms with Crippen LogP contribution in [0.25, 0.3) is 0 Å². The number of carbonyl (C=O) groups excluding carboxylic acids is 2. The first kappa shape index (κ1) is 7.43. The van der Waals surface area contributed by atoms with E-state index in [9.17, 15) is 9.59 Å². The van der Waals surface area contributed by atoms with Gasteiger partial charge in [0.1, 0.15) is 12.6 Å². The molecule has 0 bridgehead atoms. The molecule has 0 spiro atoms. The van der Waals surface area contributed by atoms with Crippen molar-refractivity contribution < 1.29 is 9.59 Å². The Kier molecular flexibility index (Phi) is 4.26. The molecule has 0 aliphatic carbocycles. The van der Waals surface area contributed by atoms with Crippen molar-refractivity contribution in [3.05, 3.63) is 0 Å². The predicted octanol–water partition coefficient (Wildman–Crippen LogP) is 0.534. The Balaban J connectivity index is 3.32. The molecule has 0 aliphatic rings. The van der Waals surface area contributed by atoms with E-state index >= 15 is 0 Å². The Hall–Kier alpha value is -0.570. The van der Waals surface area contributed by atoms with Crippen LogP contribution in [0.15, 0.2) is 0 Å². The van der Waals surface area contributed by atoms with E-state index in [1.165, 1.54) is 0 Å². The van der Waals surface area contributed by atoms with Crippen molar-refractivity contribution in [2.45, 2.75) is 12.8 Å². The minimum absolute atomic E-state index is 0.230. The Labute approximate surface area is 52.9 Å². The molecule has 0 atom stereocenters. The fraction of sp³-hybridized carbons (Fsp3) is 0.400. The van der Waals surface area contributed by atoms with Crippen molar-refractivity contribution in [2.24, 2.45) is 0 Å². The average molecular weight is 130 g/mol. The minimum Gasteiger partial charge on any atom is -0.303 e. The monoisotopic (exact) mass is 130 g/mol. The zero-order valence-corrected chi connectivity index (χ0v) is 5.11. The number of hydrogen-bond acceptors (Lipinski definition) is 3.